The lowest BCUT2D eigenvalue weighted by molar-refractivity contribution is 0.0872. The smallest absolute Gasteiger partial charge is 0.00160 e. The van der Waals surface area contributed by atoms with Gasteiger partial charge in [0.15, 0.2) is 0 Å². The molecule has 2 heterocycles. The Morgan fingerprint density at radius 1 is 0.750 bits per heavy atom. The van der Waals surface area contributed by atoms with Crippen LogP contribution in [0.2, 0.25) is 0 Å². The molecule has 2 fully saturated rings. The number of piperidine rings is 2. The summed E-state index contributed by atoms with van der Waals surface area (Å²) in [6.45, 7) is 15.2. The van der Waals surface area contributed by atoms with Crippen LogP contribution in [0.3, 0.4) is 0 Å². The second kappa shape index (κ2) is 8.38. The van der Waals surface area contributed by atoms with Crippen molar-refractivity contribution in [2.24, 2.45) is 17.8 Å². The van der Waals surface area contributed by atoms with Crippen LogP contribution in [-0.4, -0.2) is 49.1 Å². The molecule has 0 aromatic carbocycles. The van der Waals surface area contributed by atoms with Crippen LogP contribution in [0.15, 0.2) is 0 Å². The van der Waals surface area contributed by atoms with E-state index < -0.39 is 0 Å². The van der Waals surface area contributed by atoms with Crippen molar-refractivity contribution in [2.75, 3.05) is 39.3 Å². The molecule has 2 rings (SSSR count). The zero-order valence-electron chi connectivity index (χ0n) is 14.1. The summed E-state index contributed by atoms with van der Waals surface area (Å²) in [7, 11) is 0. The van der Waals surface area contributed by atoms with E-state index in [-0.39, 0.29) is 0 Å². The van der Waals surface area contributed by atoms with E-state index in [1.54, 1.807) is 0 Å². The van der Waals surface area contributed by atoms with Crippen LogP contribution in [0, 0.1) is 17.8 Å². The molecule has 2 aliphatic rings. The molecule has 0 atom stereocenters. The van der Waals surface area contributed by atoms with Crippen LogP contribution in [0.25, 0.3) is 0 Å². The molecule has 0 aliphatic carbocycles. The van der Waals surface area contributed by atoms with E-state index in [4.69, 9.17) is 0 Å². The van der Waals surface area contributed by atoms with Crippen molar-refractivity contribution in [2.45, 2.75) is 59.3 Å². The monoisotopic (exact) mass is 280 g/mol. The van der Waals surface area contributed by atoms with Gasteiger partial charge in [-0.25, -0.2) is 0 Å². The van der Waals surface area contributed by atoms with Gasteiger partial charge in [0, 0.05) is 0 Å². The first kappa shape index (κ1) is 16.3. The highest BCUT2D eigenvalue weighted by Gasteiger charge is 2.30. The Morgan fingerprint density at radius 3 is 1.40 bits per heavy atom. The molecule has 0 saturated carbocycles. The minimum atomic E-state index is 0.961. The Kier molecular flexibility index (Phi) is 6.83. The summed E-state index contributed by atoms with van der Waals surface area (Å²) in [6, 6.07) is 0. The highest BCUT2D eigenvalue weighted by molar-refractivity contribution is 4.83. The lowest BCUT2D eigenvalue weighted by Gasteiger charge is -2.41. The first-order valence-corrected chi connectivity index (χ1v) is 9.19. The summed E-state index contributed by atoms with van der Waals surface area (Å²) >= 11 is 0. The van der Waals surface area contributed by atoms with E-state index in [1.807, 2.05) is 0 Å². The summed E-state index contributed by atoms with van der Waals surface area (Å²) in [5.41, 5.74) is 0. The number of likely N-dealkylation sites (tertiary alicyclic amines) is 2. The van der Waals surface area contributed by atoms with Gasteiger partial charge in [-0.1, -0.05) is 20.8 Å². The second-order valence-corrected chi connectivity index (χ2v) is 7.22. The Bertz CT molecular complexity index is 224. The molecule has 0 radical (unpaired) electrons. The highest BCUT2D eigenvalue weighted by Crippen LogP contribution is 2.35. The van der Waals surface area contributed by atoms with E-state index in [1.165, 1.54) is 77.8 Å². The van der Waals surface area contributed by atoms with Gasteiger partial charge in [0.05, 0.1) is 0 Å². The predicted octanol–water partition coefficient (Wildman–Crippen LogP) is 3.87. The fraction of sp³-hybridized carbons (Fsp3) is 1.00. The van der Waals surface area contributed by atoms with Gasteiger partial charge in [-0.05, 0) is 95.5 Å². The minimum absolute atomic E-state index is 0.961. The maximum Gasteiger partial charge on any atom is -0.00160 e. The summed E-state index contributed by atoms with van der Waals surface area (Å²) in [5, 5.41) is 0. The average Bonchev–Trinajstić information content (AvgIpc) is 2.49. The van der Waals surface area contributed by atoms with E-state index in [9.17, 15) is 0 Å². The van der Waals surface area contributed by atoms with Gasteiger partial charge in [0.2, 0.25) is 0 Å². The van der Waals surface area contributed by atoms with Crippen molar-refractivity contribution < 1.29 is 0 Å². The molecular weight excluding hydrogens is 244 g/mol. The third kappa shape index (κ3) is 4.46. The summed E-state index contributed by atoms with van der Waals surface area (Å²) in [5.74, 6) is 2.97. The van der Waals surface area contributed by atoms with Crippen molar-refractivity contribution in [3.05, 3.63) is 0 Å². The second-order valence-electron chi connectivity index (χ2n) is 7.22. The van der Waals surface area contributed by atoms with Crippen molar-refractivity contribution in [3.63, 3.8) is 0 Å². The molecule has 2 saturated heterocycles. The first-order chi connectivity index (χ1) is 9.74. The van der Waals surface area contributed by atoms with Crippen LogP contribution < -0.4 is 0 Å². The van der Waals surface area contributed by atoms with Crippen LogP contribution in [0.1, 0.15) is 59.3 Å². The minimum Gasteiger partial charge on any atom is -0.303 e. The van der Waals surface area contributed by atoms with Crippen LogP contribution in [0.5, 0.6) is 0 Å². The molecule has 2 aliphatic heterocycles. The van der Waals surface area contributed by atoms with Gasteiger partial charge in [-0.3, -0.25) is 0 Å². The summed E-state index contributed by atoms with van der Waals surface area (Å²) in [4.78, 5) is 5.35. The number of hydrogen-bond donors (Lipinski definition) is 0. The molecular formula is C18H36N2. The molecule has 2 heteroatoms. The molecule has 0 unspecified atom stereocenters. The molecule has 0 amide bonds. The maximum absolute atomic E-state index is 2.67. The van der Waals surface area contributed by atoms with Gasteiger partial charge >= 0.3 is 0 Å². The highest BCUT2D eigenvalue weighted by atomic mass is 15.1. The SMILES string of the molecule is CCCN1CCC(C(C)C2CCN(CCC)CC2)CC1. The van der Waals surface area contributed by atoms with Crippen molar-refractivity contribution >= 4 is 0 Å². The Labute approximate surface area is 126 Å². The normalized spacial score (nSPS) is 24.6. The van der Waals surface area contributed by atoms with E-state index >= 15 is 0 Å². The van der Waals surface area contributed by atoms with Crippen LogP contribution >= 0.6 is 0 Å². The number of rotatable bonds is 6. The third-order valence-corrected chi connectivity index (χ3v) is 5.83. The largest absolute Gasteiger partial charge is 0.303 e. The Hall–Kier alpha value is -0.0800. The lowest BCUT2D eigenvalue weighted by atomic mass is 9.74. The number of nitrogens with zero attached hydrogens (tertiary/aromatic N) is 2. The molecule has 0 aromatic rings. The zero-order chi connectivity index (χ0) is 14.4. The predicted molar refractivity (Wildman–Crippen MR) is 88.1 cm³/mol. The van der Waals surface area contributed by atoms with Gasteiger partial charge in [-0.15, -0.1) is 0 Å². The quantitative estimate of drug-likeness (QED) is 0.729. The standard InChI is InChI=1S/C18H36N2/c1-4-10-19-12-6-17(7-13-19)16(3)18-8-14-20(11-5-2)15-9-18/h16-18H,4-15H2,1-3H3. The van der Waals surface area contributed by atoms with Crippen molar-refractivity contribution in [3.8, 4) is 0 Å². The van der Waals surface area contributed by atoms with Gasteiger partial charge in [0.1, 0.15) is 0 Å². The summed E-state index contributed by atoms with van der Waals surface area (Å²) in [6.07, 6.45) is 8.45. The van der Waals surface area contributed by atoms with E-state index in [0.29, 0.717) is 0 Å². The Morgan fingerprint density at radius 2 is 1.10 bits per heavy atom. The Balaban J connectivity index is 1.71. The molecule has 0 spiro atoms. The number of hydrogen-bond acceptors (Lipinski definition) is 2. The molecule has 0 aromatic heterocycles. The van der Waals surface area contributed by atoms with Gasteiger partial charge in [-0.2, -0.15) is 0 Å². The van der Waals surface area contributed by atoms with Crippen LogP contribution in [-0.2, 0) is 0 Å². The topological polar surface area (TPSA) is 6.48 Å². The van der Waals surface area contributed by atoms with Gasteiger partial charge in [0.25, 0.3) is 0 Å². The fourth-order valence-electron chi connectivity index (χ4n) is 4.42. The van der Waals surface area contributed by atoms with E-state index in [0.717, 1.165) is 17.8 Å². The lowest BCUT2D eigenvalue weighted by Crippen LogP contribution is -2.40. The molecule has 0 bridgehead atoms. The third-order valence-electron chi connectivity index (χ3n) is 5.83. The maximum atomic E-state index is 2.67. The molecule has 20 heavy (non-hydrogen) atoms. The van der Waals surface area contributed by atoms with Crippen molar-refractivity contribution in [1.82, 2.24) is 9.80 Å². The first-order valence-electron chi connectivity index (χ1n) is 9.19. The molecule has 0 N–H and O–H groups in total. The molecule has 118 valence electrons. The van der Waals surface area contributed by atoms with Gasteiger partial charge < -0.3 is 9.80 Å². The van der Waals surface area contributed by atoms with E-state index in [2.05, 4.69) is 30.6 Å². The van der Waals surface area contributed by atoms with Crippen molar-refractivity contribution in [1.29, 1.82) is 0 Å². The molecule has 2 nitrogen and oxygen atoms in total. The zero-order valence-corrected chi connectivity index (χ0v) is 14.1. The van der Waals surface area contributed by atoms with Crippen LogP contribution in [0.4, 0.5) is 0 Å². The summed E-state index contributed by atoms with van der Waals surface area (Å²) < 4.78 is 0. The average molecular weight is 280 g/mol. The fourth-order valence-corrected chi connectivity index (χ4v) is 4.42.